The molecule has 1 aromatic rings. The van der Waals surface area contributed by atoms with E-state index in [1.807, 2.05) is 12.1 Å². The Hall–Kier alpha value is -0.970. The zero-order chi connectivity index (χ0) is 13.5. The van der Waals surface area contributed by atoms with Crippen molar-refractivity contribution < 1.29 is 9.53 Å². The molecule has 0 bridgehead atoms. The van der Waals surface area contributed by atoms with E-state index < -0.39 is 0 Å². The van der Waals surface area contributed by atoms with Crippen LogP contribution >= 0.6 is 24.0 Å². The number of hydrogen-bond donors (Lipinski definition) is 2. The SMILES string of the molecule is COc1ccc(CCNC(=O)C(C)CN)c(Cl)c1.Cl. The molecule has 3 N–H and O–H groups in total. The maximum atomic E-state index is 11.5. The Morgan fingerprint density at radius 3 is 2.74 bits per heavy atom. The van der Waals surface area contributed by atoms with E-state index in [1.54, 1.807) is 20.1 Å². The highest BCUT2D eigenvalue weighted by atomic mass is 35.5. The number of amides is 1. The Bertz CT molecular complexity index is 414. The van der Waals surface area contributed by atoms with Crippen molar-refractivity contribution in [2.75, 3.05) is 20.2 Å². The normalized spacial score (nSPS) is 11.4. The van der Waals surface area contributed by atoms with E-state index in [2.05, 4.69) is 5.32 Å². The van der Waals surface area contributed by atoms with Crippen LogP contribution in [0.2, 0.25) is 5.02 Å². The molecule has 0 heterocycles. The number of carbonyl (C=O) groups is 1. The van der Waals surface area contributed by atoms with Crippen molar-refractivity contribution in [1.82, 2.24) is 5.32 Å². The molecule has 0 aliphatic carbocycles. The number of methoxy groups -OCH3 is 1. The molecule has 0 saturated carbocycles. The number of ether oxygens (including phenoxy) is 1. The summed E-state index contributed by atoms with van der Waals surface area (Å²) in [6.07, 6.45) is 0.686. The summed E-state index contributed by atoms with van der Waals surface area (Å²) in [5.74, 6) is 0.544. The van der Waals surface area contributed by atoms with Gasteiger partial charge in [-0.3, -0.25) is 4.79 Å². The van der Waals surface area contributed by atoms with Crippen LogP contribution in [0, 0.1) is 5.92 Å². The molecule has 1 aromatic carbocycles. The number of carbonyl (C=O) groups excluding carboxylic acids is 1. The molecule has 0 spiro atoms. The predicted molar refractivity (Wildman–Crippen MR) is 80.2 cm³/mol. The molecule has 0 fully saturated rings. The van der Waals surface area contributed by atoms with Crippen molar-refractivity contribution in [2.24, 2.45) is 11.7 Å². The molecule has 1 atom stereocenters. The molecule has 0 aliphatic heterocycles. The van der Waals surface area contributed by atoms with Crippen LogP contribution in [0.3, 0.4) is 0 Å². The van der Waals surface area contributed by atoms with Crippen molar-refractivity contribution >= 4 is 29.9 Å². The fourth-order valence-electron chi connectivity index (χ4n) is 1.46. The summed E-state index contributed by atoms with van der Waals surface area (Å²) in [4.78, 5) is 11.5. The van der Waals surface area contributed by atoms with Crippen LogP contribution in [0.15, 0.2) is 18.2 Å². The summed E-state index contributed by atoms with van der Waals surface area (Å²) >= 11 is 6.10. The maximum absolute atomic E-state index is 11.5. The van der Waals surface area contributed by atoms with Crippen LogP contribution in [0.1, 0.15) is 12.5 Å². The van der Waals surface area contributed by atoms with Gasteiger partial charge in [0.1, 0.15) is 5.75 Å². The molecule has 0 saturated heterocycles. The largest absolute Gasteiger partial charge is 0.497 e. The monoisotopic (exact) mass is 306 g/mol. The molecule has 6 heteroatoms. The molecule has 108 valence electrons. The average Bonchev–Trinajstić information content (AvgIpc) is 2.39. The van der Waals surface area contributed by atoms with Crippen LogP contribution in [-0.4, -0.2) is 26.1 Å². The van der Waals surface area contributed by atoms with Crippen molar-refractivity contribution in [2.45, 2.75) is 13.3 Å². The topological polar surface area (TPSA) is 64.3 Å². The number of hydrogen-bond acceptors (Lipinski definition) is 3. The maximum Gasteiger partial charge on any atom is 0.224 e. The summed E-state index contributed by atoms with van der Waals surface area (Å²) in [5, 5.41) is 3.48. The molecule has 0 radical (unpaired) electrons. The highest BCUT2D eigenvalue weighted by Gasteiger charge is 2.10. The van der Waals surface area contributed by atoms with Gasteiger partial charge in [0.05, 0.1) is 7.11 Å². The van der Waals surface area contributed by atoms with Gasteiger partial charge in [0.15, 0.2) is 0 Å². The lowest BCUT2D eigenvalue weighted by Crippen LogP contribution is -2.34. The van der Waals surface area contributed by atoms with Crippen LogP contribution in [0.25, 0.3) is 0 Å². The standard InChI is InChI=1S/C13H19ClN2O2.ClH/c1-9(8-15)13(17)16-6-5-10-3-4-11(18-2)7-12(10)14;/h3-4,7,9H,5-6,8,15H2,1-2H3,(H,16,17);1H. The minimum absolute atomic E-state index is 0. The second-order valence-corrected chi connectivity index (χ2v) is 4.54. The summed E-state index contributed by atoms with van der Waals surface area (Å²) < 4.78 is 5.07. The molecule has 1 amide bonds. The molecule has 1 unspecified atom stereocenters. The van der Waals surface area contributed by atoms with Crippen LogP contribution in [-0.2, 0) is 11.2 Å². The van der Waals surface area contributed by atoms with Gasteiger partial charge in [-0.2, -0.15) is 0 Å². The number of benzene rings is 1. The van der Waals surface area contributed by atoms with E-state index in [1.165, 1.54) is 0 Å². The molecule has 19 heavy (non-hydrogen) atoms. The first-order valence-corrected chi connectivity index (χ1v) is 6.26. The van der Waals surface area contributed by atoms with Gasteiger partial charge in [-0.25, -0.2) is 0 Å². The van der Waals surface area contributed by atoms with Gasteiger partial charge in [0.2, 0.25) is 5.91 Å². The van der Waals surface area contributed by atoms with Gasteiger partial charge < -0.3 is 15.8 Å². The number of rotatable bonds is 6. The summed E-state index contributed by atoms with van der Waals surface area (Å²) in [5.41, 5.74) is 6.40. The summed E-state index contributed by atoms with van der Waals surface area (Å²) in [6.45, 7) is 2.71. The van der Waals surface area contributed by atoms with Crippen molar-refractivity contribution in [3.05, 3.63) is 28.8 Å². The van der Waals surface area contributed by atoms with Crippen molar-refractivity contribution in [3.63, 3.8) is 0 Å². The zero-order valence-corrected chi connectivity index (χ0v) is 12.7. The van der Waals surface area contributed by atoms with Gasteiger partial charge in [-0.15, -0.1) is 12.4 Å². The molecule has 4 nitrogen and oxygen atoms in total. The molecule has 0 aromatic heterocycles. The van der Waals surface area contributed by atoms with Gasteiger partial charge in [0, 0.05) is 24.0 Å². The Balaban J connectivity index is 0.00000324. The fraction of sp³-hybridized carbons (Fsp3) is 0.462. The van der Waals surface area contributed by atoms with Crippen molar-refractivity contribution in [3.8, 4) is 5.75 Å². The van der Waals surface area contributed by atoms with Gasteiger partial charge in [0.25, 0.3) is 0 Å². The zero-order valence-electron chi connectivity index (χ0n) is 11.1. The van der Waals surface area contributed by atoms with E-state index in [0.717, 1.165) is 11.3 Å². The second-order valence-electron chi connectivity index (χ2n) is 4.14. The smallest absolute Gasteiger partial charge is 0.224 e. The third-order valence-electron chi connectivity index (χ3n) is 2.75. The highest BCUT2D eigenvalue weighted by molar-refractivity contribution is 6.31. The lowest BCUT2D eigenvalue weighted by molar-refractivity contribution is -0.124. The third-order valence-corrected chi connectivity index (χ3v) is 3.11. The van der Waals surface area contributed by atoms with E-state index in [4.69, 9.17) is 22.1 Å². The Kier molecular flexibility index (Phi) is 8.56. The lowest BCUT2D eigenvalue weighted by Gasteiger charge is -2.11. The predicted octanol–water partition coefficient (Wildman–Crippen LogP) is 2.02. The highest BCUT2D eigenvalue weighted by Crippen LogP contribution is 2.22. The summed E-state index contributed by atoms with van der Waals surface area (Å²) in [6, 6.07) is 5.52. The first kappa shape index (κ1) is 18.0. The molecular formula is C13H20Cl2N2O2. The van der Waals surface area contributed by atoms with E-state index >= 15 is 0 Å². The molecular weight excluding hydrogens is 287 g/mol. The first-order valence-electron chi connectivity index (χ1n) is 5.88. The van der Waals surface area contributed by atoms with Gasteiger partial charge >= 0.3 is 0 Å². The number of nitrogens with two attached hydrogens (primary N) is 1. The lowest BCUT2D eigenvalue weighted by atomic mass is 10.1. The minimum Gasteiger partial charge on any atom is -0.497 e. The third kappa shape index (κ3) is 5.68. The minimum atomic E-state index is -0.156. The van der Waals surface area contributed by atoms with E-state index in [9.17, 15) is 4.79 Å². The van der Waals surface area contributed by atoms with Crippen LogP contribution in [0.5, 0.6) is 5.75 Å². The van der Waals surface area contributed by atoms with Crippen LogP contribution < -0.4 is 15.8 Å². The number of halogens is 2. The molecule has 0 aliphatic rings. The van der Waals surface area contributed by atoms with Crippen molar-refractivity contribution in [1.29, 1.82) is 0 Å². The number of nitrogens with one attached hydrogen (secondary N) is 1. The van der Waals surface area contributed by atoms with Gasteiger partial charge in [-0.05, 0) is 24.1 Å². The quantitative estimate of drug-likeness (QED) is 0.845. The fourth-order valence-corrected chi connectivity index (χ4v) is 1.72. The Labute approximate surface area is 125 Å². The Morgan fingerprint density at radius 2 is 2.21 bits per heavy atom. The molecule has 1 rings (SSSR count). The second kappa shape index (κ2) is 9.02. The van der Waals surface area contributed by atoms with Gasteiger partial charge in [-0.1, -0.05) is 24.6 Å². The summed E-state index contributed by atoms with van der Waals surface area (Å²) in [7, 11) is 1.60. The Morgan fingerprint density at radius 1 is 1.53 bits per heavy atom. The van der Waals surface area contributed by atoms with E-state index in [-0.39, 0.29) is 24.2 Å². The first-order chi connectivity index (χ1) is 8.58. The van der Waals surface area contributed by atoms with E-state index in [0.29, 0.717) is 24.5 Å². The average molecular weight is 307 g/mol. The van der Waals surface area contributed by atoms with Crippen LogP contribution in [0.4, 0.5) is 0 Å².